The maximum Gasteiger partial charge on any atom is 0.204 e. The molecule has 0 bridgehead atoms. The lowest BCUT2D eigenvalue weighted by atomic mass is 10.2. The largest absolute Gasteiger partial charge is 0.273 e. The van der Waals surface area contributed by atoms with Gasteiger partial charge in [0.2, 0.25) is 5.82 Å². The van der Waals surface area contributed by atoms with Crippen molar-refractivity contribution in [3.05, 3.63) is 59.4 Å². The molecule has 0 unspecified atom stereocenters. The molecule has 2 aromatic heterocycles. The van der Waals surface area contributed by atoms with E-state index < -0.39 is 0 Å². The molecule has 0 radical (unpaired) electrons. The topological polar surface area (TPSA) is 59.7 Å². The number of tetrazole rings is 1. The van der Waals surface area contributed by atoms with Crippen LogP contribution in [0.25, 0.3) is 21.6 Å². The van der Waals surface area contributed by atoms with Gasteiger partial charge in [-0.3, -0.25) is 4.90 Å². The van der Waals surface area contributed by atoms with Crippen molar-refractivity contribution in [2.45, 2.75) is 25.6 Å². The molecule has 0 spiro atoms. The molecule has 1 atom stereocenters. The molecule has 2 aromatic carbocycles. The first kappa shape index (κ1) is 16.5. The van der Waals surface area contributed by atoms with Crippen molar-refractivity contribution in [3.8, 4) is 11.4 Å². The number of benzene rings is 2. The Kier molecular flexibility index (Phi) is 4.14. The van der Waals surface area contributed by atoms with Gasteiger partial charge in [-0.1, -0.05) is 12.1 Å². The van der Waals surface area contributed by atoms with Crippen LogP contribution >= 0.6 is 11.3 Å². The number of thiazole rings is 1. The fourth-order valence-electron chi connectivity index (χ4n) is 3.49. The number of nitrogens with zero attached hydrogens (tertiary/aromatic N) is 6. The van der Waals surface area contributed by atoms with Gasteiger partial charge in [0.05, 0.1) is 16.3 Å². The van der Waals surface area contributed by atoms with Crippen molar-refractivity contribution in [3.63, 3.8) is 0 Å². The van der Waals surface area contributed by atoms with Crippen LogP contribution in [0.2, 0.25) is 0 Å². The molecule has 6 nitrogen and oxygen atoms in total. The second-order valence-electron chi connectivity index (χ2n) is 6.62. The minimum Gasteiger partial charge on any atom is -0.273 e. The highest BCUT2D eigenvalue weighted by Gasteiger charge is 2.29. The van der Waals surface area contributed by atoms with Crippen LogP contribution in [0.3, 0.4) is 0 Å². The fraction of sp³-hybridized carbons (Fsp3) is 0.263. The van der Waals surface area contributed by atoms with Gasteiger partial charge < -0.3 is 0 Å². The highest BCUT2D eigenvalue weighted by Crippen LogP contribution is 2.36. The predicted octanol–water partition coefficient (Wildman–Crippen LogP) is 3.88. The number of fused-ring (bicyclic) bond motifs is 1. The zero-order chi connectivity index (χ0) is 18.2. The van der Waals surface area contributed by atoms with Gasteiger partial charge in [-0.05, 0) is 54.5 Å². The third kappa shape index (κ3) is 3.22. The Labute approximate surface area is 159 Å². The Hall–Kier alpha value is -2.71. The van der Waals surface area contributed by atoms with Crippen LogP contribution in [0.5, 0.6) is 0 Å². The lowest BCUT2D eigenvalue weighted by molar-refractivity contribution is 0.177. The maximum absolute atomic E-state index is 13.1. The SMILES string of the molecule is Fc1ccc(-c2nnn(CN3CCC[C@@H]3c3nc4ccccc4s3)n2)cc1. The minimum absolute atomic E-state index is 0.276. The van der Waals surface area contributed by atoms with Crippen molar-refractivity contribution < 1.29 is 4.39 Å². The summed E-state index contributed by atoms with van der Waals surface area (Å²) in [5, 5.41) is 13.9. The number of halogens is 1. The second-order valence-corrected chi connectivity index (χ2v) is 7.69. The van der Waals surface area contributed by atoms with Crippen LogP contribution < -0.4 is 0 Å². The second kappa shape index (κ2) is 6.79. The van der Waals surface area contributed by atoms with E-state index in [-0.39, 0.29) is 11.9 Å². The third-order valence-electron chi connectivity index (χ3n) is 4.82. The average molecular weight is 380 g/mol. The highest BCUT2D eigenvalue weighted by molar-refractivity contribution is 7.18. The molecule has 5 rings (SSSR count). The summed E-state index contributed by atoms with van der Waals surface area (Å²) >= 11 is 1.76. The molecule has 1 fully saturated rings. The lowest BCUT2D eigenvalue weighted by Crippen LogP contribution is -2.27. The van der Waals surface area contributed by atoms with E-state index in [1.165, 1.54) is 16.8 Å². The first-order valence-electron chi connectivity index (χ1n) is 8.89. The molecular weight excluding hydrogens is 363 g/mol. The summed E-state index contributed by atoms with van der Waals surface area (Å²) in [5.41, 5.74) is 1.81. The van der Waals surface area contributed by atoms with E-state index in [9.17, 15) is 4.39 Å². The minimum atomic E-state index is -0.276. The van der Waals surface area contributed by atoms with Crippen LogP contribution in [-0.4, -0.2) is 36.6 Å². The molecule has 0 amide bonds. The Morgan fingerprint density at radius 3 is 2.81 bits per heavy atom. The van der Waals surface area contributed by atoms with Crippen LogP contribution in [-0.2, 0) is 6.67 Å². The van der Waals surface area contributed by atoms with Gasteiger partial charge in [-0.15, -0.1) is 26.3 Å². The van der Waals surface area contributed by atoms with E-state index in [2.05, 4.69) is 32.4 Å². The molecular formula is C19H17FN6S. The summed E-state index contributed by atoms with van der Waals surface area (Å²) in [4.78, 5) is 8.77. The molecule has 1 aliphatic rings. The summed E-state index contributed by atoms with van der Waals surface area (Å²) in [6.45, 7) is 1.54. The number of rotatable bonds is 4. The zero-order valence-corrected chi connectivity index (χ0v) is 15.3. The van der Waals surface area contributed by atoms with Crippen molar-refractivity contribution in [2.24, 2.45) is 0 Å². The molecule has 0 saturated carbocycles. The maximum atomic E-state index is 13.1. The number of aromatic nitrogens is 5. The van der Waals surface area contributed by atoms with Crippen LogP contribution in [0.4, 0.5) is 4.39 Å². The molecule has 1 saturated heterocycles. The summed E-state index contributed by atoms with van der Waals surface area (Å²) in [6, 6.07) is 14.7. The van der Waals surface area contributed by atoms with E-state index in [4.69, 9.17) is 4.98 Å². The van der Waals surface area contributed by atoms with E-state index in [0.29, 0.717) is 12.5 Å². The van der Waals surface area contributed by atoms with Crippen LogP contribution in [0, 0.1) is 5.82 Å². The number of para-hydroxylation sites is 1. The van der Waals surface area contributed by atoms with Gasteiger partial charge >= 0.3 is 0 Å². The smallest absolute Gasteiger partial charge is 0.204 e. The zero-order valence-electron chi connectivity index (χ0n) is 14.5. The quantitative estimate of drug-likeness (QED) is 0.538. The Morgan fingerprint density at radius 1 is 1.11 bits per heavy atom. The van der Waals surface area contributed by atoms with Crippen molar-refractivity contribution in [1.82, 2.24) is 30.1 Å². The van der Waals surface area contributed by atoms with E-state index >= 15 is 0 Å². The fourth-order valence-corrected chi connectivity index (χ4v) is 4.62. The standard InChI is InChI=1S/C19H17FN6S/c20-14-9-7-13(8-10-14)18-22-24-26(23-18)12-25-11-3-5-16(25)19-21-15-4-1-2-6-17(15)27-19/h1-2,4,6-10,16H,3,5,11-12H2/t16-/m1/s1. The van der Waals surface area contributed by atoms with Crippen molar-refractivity contribution in [2.75, 3.05) is 6.54 Å². The molecule has 8 heteroatoms. The monoisotopic (exact) mass is 380 g/mol. The Morgan fingerprint density at radius 2 is 1.96 bits per heavy atom. The van der Waals surface area contributed by atoms with Gasteiger partial charge in [0.25, 0.3) is 0 Å². The Balaban J connectivity index is 1.36. The van der Waals surface area contributed by atoms with Gasteiger partial charge in [-0.2, -0.15) is 0 Å². The van der Waals surface area contributed by atoms with Crippen molar-refractivity contribution in [1.29, 1.82) is 0 Å². The van der Waals surface area contributed by atoms with E-state index in [1.807, 2.05) is 12.1 Å². The lowest BCUT2D eigenvalue weighted by Gasteiger charge is -2.21. The van der Waals surface area contributed by atoms with Gasteiger partial charge in [0.15, 0.2) is 0 Å². The van der Waals surface area contributed by atoms with E-state index in [1.54, 1.807) is 28.3 Å². The molecule has 3 heterocycles. The number of likely N-dealkylation sites (tertiary alicyclic amines) is 1. The molecule has 4 aromatic rings. The molecule has 0 aliphatic carbocycles. The Bertz CT molecular complexity index is 1040. The molecule has 0 N–H and O–H groups in total. The normalized spacial score (nSPS) is 17.7. The summed E-state index contributed by atoms with van der Waals surface area (Å²) < 4.78 is 14.3. The summed E-state index contributed by atoms with van der Waals surface area (Å²) in [5.74, 6) is 0.229. The average Bonchev–Trinajstić information content (AvgIpc) is 3.41. The molecule has 136 valence electrons. The number of hydrogen-bond donors (Lipinski definition) is 0. The van der Waals surface area contributed by atoms with Crippen molar-refractivity contribution >= 4 is 21.6 Å². The first-order chi connectivity index (χ1) is 13.3. The van der Waals surface area contributed by atoms with Gasteiger partial charge in [-0.25, -0.2) is 9.37 Å². The summed E-state index contributed by atoms with van der Waals surface area (Å²) in [7, 11) is 0. The third-order valence-corrected chi connectivity index (χ3v) is 5.96. The van der Waals surface area contributed by atoms with Gasteiger partial charge in [0.1, 0.15) is 17.5 Å². The summed E-state index contributed by atoms with van der Waals surface area (Å²) in [6.07, 6.45) is 2.21. The molecule has 27 heavy (non-hydrogen) atoms. The number of hydrogen-bond acceptors (Lipinski definition) is 6. The van der Waals surface area contributed by atoms with Crippen LogP contribution in [0.15, 0.2) is 48.5 Å². The van der Waals surface area contributed by atoms with E-state index in [0.717, 1.165) is 35.5 Å². The van der Waals surface area contributed by atoms with Crippen LogP contribution in [0.1, 0.15) is 23.9 Å². The first-order valence-corrected chi connectivity index (χ1v) is 9.71. The highest BCUT2D eigenvalue weighted by atomic mass is 32.1. The predicted molar refractivity (Wildman–Crippen MR) is 102 cm³/mol. The van der Waals surface area contributed by atoms with Gasteiger partial charge in [0, 0.05) is 12.1 Å². The molecule has 1 aliphatic heterocycles.